The molecule has 1 saturated carbocycles. The number of aromatic nitrogens is 3. The quantitative estimate of drug-likeness (QED) is 0.748. The second-order valence-electron chi connectivity index (χ2n) is 4.86. The molecule has 2 unspecified atom stereocenters. The fourth-order valence-corrected chi connectivity index (χ4v) is 3.47. The molecule has 2 rings (SSSR count). The van der Waals surface area contributed by atoms with Gasteiger partial charge >= 0.3 is 0 Å². The van der Waals surface area contributed by atoms with Gasteiger partial charge in [-0.25, -0.2) is 0 Å². The number of nitrogens with zero attached hydrogens (tertiary/aromatic N) is 3. The van der Waals surface area contributed by atoms with Gasteiger partial charge in [-0.2, -0.15) is 0 Å². The van der Waals surface area contributed by atoms with Crippen molar-refractivity contribution < 1.29 is 4.79 Å². The van der Waals surface area contributed by atoms with Crippen LogP contribution in [0.3, 0.4) is 0 Å². The number of hydrogen-bond acceptors (Lipinski definition) is 5. The van der Waals surface area contributed by atoms with Crippen molar-refractivity contribution in [1.29, 1.82) is 0 Å². The molecule has 0 radical (unpaired) electrons. The molecule has 1 heterocycles. The summed E-state index contributed by atoms with van der Waals surface area (Å²) in [5.41, 5.74) is 10.7. The van der Waals surface area contributed by atoms with Crippen LogP contribution in [-0.2, 0) is 11.8 Å². The Morgan fingerprint density at radius 2 is 2.50 bits per heavy atom. The standard InChI is InChI=1S/C11H19N5OS/c1-16-7-14-15-10(16)18-6-4-8-3-2-5-11(8,13)9(12)17/h7-8H,2-6,13H2,1H3,(H2,12,17). The van der Waals surface area contributed by atoms with Gasteiger partial charge in [0.1, 0.15) is 6.33 Å². The van der Waals surface area contributed by atoms with Crippen LogP contribution in [0.25, 0.3) is 0 Å². The molecule has 18 heavy (non-hydrogen) atoms. The Hall–Kier alpha value is -1.08. The number of carbonyl (C=O) groups excluding carboxylic acids is 1. The smallest absolute Gasteiger partial charge is 0.237 e. The number of amides is 1. The monoisotopic (exact) mass is 269 g/mol. The maximum atomic E-state index is 11.4. The van der Waals surface area contributed by atoms with Crippen molar-refractivity contribution in [2.75, 3.05) is 5.75 Å². The van der Waals surface area contributed by atoms with Crippen LogP contribution in [-0.4, -0.2) is 32.0 Å². The normalized spacial score (nSPS) is 27.6. The maximum Gasteiger partial charge on any atom is 0.237 e. The van der Waals surface area contributed by atoms with Crippen LogP contribution in [0.1, 0.15) is 25.7 Å². The molecule has 0 bridgehead atoms. The van der Waals surface area contributed by atoms with Crippen molar-refractivity contribution in [3.63, 3.8) is 0 Å². The van der Waals surface area contributed by atoms with Crippen molar-refractivity contribution >= 4 is 17.7 Å². The van der Waals surface area contributed by atoms with Gasteiger partial charge < -0.3 is 16.0 Å². The van der Waals surface area contributed by atoms with Crippen molar-refractivity contribution in [2.45, 2.75) is 36.4 Å². The summed E-state index contributed by atoms with van der Waals surface area (Å²) in [5, 5.41) is 8.71. The zero-order valence-electron chi connectivity index (χ0n) is 10.5. The molecule has 7 heteroatoms. The molecular weight excluding hydrogens is 250 g/mol. The van der Waals surface area contributed by atoms with E-state index in [-0.39, 0.29) is 11.8 Å². The van der Waals surface area contributed by atoms with Gasteiger partial charge in [0.05, 0.1) is 5.54 Å². The fraction of sp³-hybridized carbons (Fsp3) is 0.727. The summed E-state index contributed by atoms with van der Waals surface area (Å²) in [6.45, 7) is 0. The molecule has 1 aromatic rings. The van der Waals surface area contributed by atoms with E-state index in [1.54, 1.807) is 18.1 Å². The summed E-state index contributed by atoms with van der Waals surface area (Å²) in [7, 11) is 1.91. The second kappa shape index (κ2) is 5.27. The number of primary amides is 1. The molecule has 0 spiro atoms. The van der Waals surface area contributed by atoms with Gasteiger partial charge in [-0.05, 0) is 25.2 Å². The zero-order chi connectivity index (χ0) is 13.2. The number of carbonyl (C=O) groups is 1. The van der Waals surface area contributed by atoms with Crippen molar-refractivity contribution in [3.05, 3.63) is 6.33 Å². The number of hydrogen-bond donors (Lipinski definition) is 2. The Kier molecular flexibility index (Phi) is 3.91. The van der Waals surface area contributed by atoms with Gasteiger partial charge in [-0.3, -0.25) is 4.79 Å². The van der Waals surface area contributed by atoms with Crippen molar-refractivity contribution in [2.24, 2.45) is 24.4 Å². The predicted molar refractivity (Wildman–Crippen MR) is 69.8 cm³/mol. The summed E-state index contributed by atoms with van der Waals surface area (Å²) in [6.07, 6.45) is 5.24. The Bertz CT molecular complexity index is 435. The van der Waals surface area contributed by atoms with E-state index < -0.39 is 5.54 Å². The molecule has 0 aliphatic heterocycles. The minimum absolute atomic E-state index is 0.190. The third-order valence-corrected chi connectivity index (χ3v) is 4.77. The summed E-state index contributed by atoms with van der Waals surface area (Å²) in [5.74, 6) is 0.702. The van der Waals surface area contributed by atoms with E-state index in [4.69, 9.17) is 11.5 Å². The van der Waals surface area contributed by atoms with E-state index in [1.807, 2.05) is 11.6 Å². The molecule has 6 nitrogen and oxygen atoms in total. The first kappa shape index (κ1) is 13.4. The lowest BCUT2D eigenvalue weighted by Crippen LogP contribution is -2.54. The highest BCUT2D eigenvalue weighted by Crippen LogP contribution is 2.37. The Labute approximate surface area is 111 Å². The third kappa shape index (κ3) is 2.51. The first-order chi connectivity index (χ1) is 8.54. The average Bonchev–Trinajstić information content (AvgIpc) is 2.88. The van der Waals surface area contributed by atoms with E-state index in [2.05, 4.69) is 10.2 Å². The van der Waals surface area contributed by atoms with Crippen molar-refractivity contribution in [3.8, 4) is 0 Å². The van der Waals surface area contributed by atoms with Gasteiger partial charge in [-0.15, -0.1) is 10.2 Å². The van der Waals surface area contributed by atoms with Crippen molar-refractivity contribution in [1.82, 2.24) is 14.8 Å². The van der Waals surface area contributed by atoms with Gasteiger partial charge in [0.15, 0.2) is 5.16 Å². The van der Waals surface area contributed by atoms with Gasteiger partial charge in [0.25, 0.3) is 0 Å². The van der Waals surface area contributed by atoms with Crippen LogP contribution in [0.5, 0.6) is 0 Å². The molecule has 1 aliphatic carbocycles. The van der Waals surface area contributed by atoms with Gasteiger partial charge in [0, 0.05) is 12.8 Å². The molecule has 1 aromatic heterocycles. The molecule has 2 atom stereocenters. The zero-order valence-corrected chi connectivity index (χ0v) is 11.3. The Morgan fingerprint density at radius 1 is 1.72 bits per heavy atom. The lowest BCUT2D eigenvalue weighted by Gasteiger charge is -2.27. The largest absolute Gasteiger partial charge is 0.368 e. The molecule has 4 N–H and O–H groups in total. The highest BCUT2D eigenvalue weighted by Gasteiger charge is 2.43. The fourth-order valence-electron chi connectivity index (χ4n) is 2.52. The molecule has 0 aromatic carbocycles. The van der Waals surface area contributed by atoms with Gasteiger partial charge in [0.2, 0.25) is 5.91 Å². The minimum Gasteiger partial charge on any atom is -0.368 e. The first-order valence-electron chi connectivity index (χ1n) is 6.09. The highest BCUT2D eigenvalue weighted by molar-refractivity contribution is 7.99. The maximum absolute atomic E-state index is 11.4. The van der Waals surface area contributed by atoms with E-state index >= 15 is 0 Å². The molecular formula is C11H19N5OS. The van der Waals surface area contributed by atoms with Crippen LogP contribution in [0.2, 0.25) is 0 Å². The minimum atomic E-state index is -0.805. The summed E-state index contributed by atoms with van der Waals surface area (Å²) >= 11 is 1.63. The number of nitrogens with two attached hydrogens (primary N) is 2. The topological polar surface area (TPSA) is 99.8 Å². The van der Waals surface area contributed by atoms with Crippen LogP contribution < -0.4 is 11.5 Å². The molecule has 100 valence electrons. The Morgan fingerprint density at radius 3 is 3.11 bits per heavy atom. The summed E-state index contributed by atoms with van der Waals surface area (Å²) in [4.78, 5) is 11.4. The number of rotatable bonds is 5. The molecule has 0 saturated heterocycles. The van der Waals surface area contributed by atoms with Crippen LogP contribution in [0.4, 0.5) is 0 Å². The highest BCUT2D eigenvalue weighted by atomic mass is 32.2. The van der Waals surface area contributed by atoms with E-state index in [1.165, 1.54) is 0 Å². The molecule has 1 fully saturated rings. The van der Waals surface area contributed by atoms with Crippen LogP contribution in [0, 0.1) is 5.92 Å². The summed E-state index contributed by atoms with van der Waals surface area (Å²) in [6, 6.07) is 0. The summed E-state index contributed by atoms with van der Waals surface area (Å²) < 4.78 is 1.88. The van der Waals surface area contributed by atoms with E-state index in [9.17, 15) is 4.79 Å². The second-order valence-corrected chi connectivity index (χ2v) is 5.92. The van der Waals surface area contributed by atoms with Crippen LogP contribution >= 0.6 is 11.8 Å². The lowest BCUT2D eigenvalue weighted by molar-refractivity contribution is -0.124. The lowest BCUT2D eigenvalue weighted by atomic mass is 9.85. The SMILES string of the molecule is Cn1cnnc1SCCC1CCCC1(N)C(N)=O. The average molecular weight is 269 g/mol. The van der Waals surface area contributed by atoms with Gasteiger partial charge in [-0.1, -0.05) is 18.2 Å². The van der Waals surface area contributed by atoms with E-state index in [0.717, 1.165) is 30.2 Å². The Balaban J connectivity index is 1.87. The van der Waals surface area contributed by atoms with E-state index in [0.29, 0.717) is 6.42 Å². The molecule has 1 amide bonds. The first-order valence-corrected chi connectivity index (χ1v) is 7.08. The number of aryl methyl sites for hydroxylation is 1. The number of thioether (sulfide) groups is 1. The predicted octanol–water partition coefficient (Wildman–Crippen LogP) is 0.280. The van der Waals surface area contributed by atoms with Crippen LogP contribution in [0.15, 0.2) is 11.5 Å². The third-order valence-electron chi connectivity index (χ3n) is 3.70. The molecule has 1 aliphatic rings.